The number of nitrogens with one attached hydrogen (secondary N) is 1. The molecule has 6 nitrogen and oxygen atoms in total. The highest BCUT2D eigenvalue weighted by Gasteiger charge is 2.30. The van der Waals surface area contributed by atoms with Crippen LogP contribution < -0.4 is 5.32 Å². The summed E-state index contributed by atoms with van der Waals surface area (Å²) in [6, 6.07) is 3.80. The van der Waals surface area contributed by atoms with Crippen LogP contribution in [0.25, 0.3) is 0 Å². The van der Waals surface area contributed by atoms with Crippen LogP contribution in [0.3, 0.4) is 0 Å². The molecule has 3 heterocycles. The van der Waals surface area contributed by atoms with Gasteiger partial charge in [-0.05, 0) is 64.0 Å². The van der Waals surface area contributed by atoms with Crippen molar-refractivity contribution in [3.8, 4) is 5.75 Å². The molecule has 1 aromatic rings. The van der Waals surface area contributed by atoms with E-state index in [2.05, 4.69) is 27.1 Å². The van der Waals surface area contributed by atoms with E-state index in [-0.39, 0.29) is 17.4 Å². The topological polar surface area (TPSA) is 68.7 Å². The number of likely N-dealkylation sites (tertiary alicyclic amines) is 2. The zero-order valence-electron chi connectivity index (χ0n) is 13.7. The normalized spacial score (nSPS) is 24.0. The Kier molecular flexibility index (Phi) is 5.13. The van der Waals surface area contributed by atoms with Crippen molar-refractivity contribution in [2.75, 3.05) is 39.8 Å². The second-order valence-electron chi connectivity index (χ2n) is 6.77. The van der Waals surface area contributed by atoms with Crippen molar-refractivity contribution in [3.63, 3.8) is 0 Å². The first-order valence-corrected chi connectivity index (χ1v) is 8.48. The first kappa shape index (κ1) is 16.2. The Morgan fingerprint density at radius 3 is 2.87 bits per heavy atom. The minimum atomic E-state index is -0.291. The molecule has 2 fully saturated rings. The van der Waals surface area contributed by atoms with Crippen LogP contribution in [-0.4, -0.2) is 71.6 Å². The molecule has 3 rings (SSSR count). The Morgan fingerprint density at radius 1 is 1.35 bits per heavy atom. The second-order valence-corrected chi connectivity index (χ2v) is 6.77. The van der Waals surface area contributed by atoms with Crippen LogP contribution in [0, 0.1) is 5.92 Å². The smallest absolute Gasteiger partial charge is 0.273 e. The fourth-order valence-electron chi connectivity index (χ4n) is 3.61. The number of pyridine rings is 1. The summed E-state index contributed by atoms with van der Waals surface area (Å²) in [6.45, 7) is 5.20. The highest BCUT2D eigenvalue weighted by atomic mass is 16.3. The third-order valence-electron chi connectivity index (χ3n) is 5.07. The summed E-state index contributed by atoms with van der Waals surface area (Å²) in [5.74, 6) is 0.134. The van der Waals surface area contributed by atoms with E-state index in [0.29, 0.717) is 18.5 Å². The van der Waals surface area contributed by atoms with Gasteiger partial charge in [0.05, 0.1) is 0 Å². The lowest BCUT2D eigenvalue weighted by molar-refractivity contribution is 0.0937. The maximum atomic E-state index is 12.1. The van der Waals surface area contributed by atoms with Gasteiger partial charge in [-0.15, -0.1) is 0 Å². The Hall–Kier alpha value is -1.66. The predicted molar refractivity (Wildman–Crippen MR) is 88.4 cm³/mol. The van der Waals surface area contributed by atoms with E-state index in [9.17, 15) is 9.90 Å². The maximum absolute atomic E-state index is 12.1. The molecule has 1 amide bonds. The number of amides is 1. The number of carbonyl (C=O) groups is 1. The van der Waals surface area contributed by atoms with Gasteiger partial charge in [0.15, 0.2) is 5.69 Å². The number of nitrogens with zero attached hydrogens (tertiary/aromatic N) is 3. The van der Waals surface area contributed by atoms with Crippen molar-refractivity contribution in [1.82, 2.24) is 20.1 Å². The van der Waals surface area contributed by atoms with Crippen molar-refractivity contribution in [3.05, 3.63) is 24.0 Å². The van der Waals surface area contributed by atoms with Gasteiger partial charge in [0.2, 0.25) is 0 Å². The number of aromatic hydroxyl groups is 1. The summed E-state index contributed by atoms with van der Waals surface area (Å²) >= 11 is 0. The van der Waals surface area contributed by atoms with Crippen LogP contribution in [-0.2, 0) is 0 Å². The number of piperidine rings is 1. The van der Waals surface area contributed by atoms with Gasteiger partial charge in [-0.1, -0.05) is 0 Å². The number of hydrogen-bond acceptors (Lipinski definition) is 5. The number of aromatic nitrogens is 1. The first-order chi connectivity index (χ1) is 11.1. The van der Waals surface area contributed by atoms with Crippen LogP contribution in [0.4, 0.5) is 0 Å². The van der Waals surface area contributed by atoms with Crippen molar-refractivity contribution >= 4 is 5.91 Å². The molecule has 0 saturated carbocycles. The average Bonchev–Trinajstić information content (AvgIpc) is 3.03. The van der Waals surface area contributed by atoms with E-state index in [1.807, 2.05) is 0 Å². The summed E-state index contributed by atoms with van der Waals surface area (Å²) in [5.41, 5.74) is 0.109. The number of rotatable bonds is 4. The zero-order valence-corrected chi connectivity index (χ0v) is 13.7. The van der Waals surface area contributed by atoms with Crippen LogP contribution in [0.1, 0.15) is 29.8 Å². The minimum absolute atomic E-state index is 0.0654. The van der Waals surface area contributed by atoms with Crippen LogP contribution >= 0.6 is 0 Å². The highest BCUT2D eigenvalue weighted by Crippen LogP contribution is 2.23. The van der Waals surface area contributed by atoms with E-state index in [1.54, 1.807) is 6.07 Å². The third kappa shape index (κ3) is 4.00. The van der Waals surface area contributed by atoms with E-state index < -0.39 is 0 Å². The summed E-state index contributed by atoms with van der Waals surface area (Å²) in [6.07, 6.45) is 5.14. The monoisotopic (exact) mass is 318 g/mol. The summed E-state index contributed by atoms with van der Waals surface area (Å²) < 4.78 is 0. The molecule has 23 heavy (non-hydrogen) atoms. The lowest BCUT2D eigenvalue weighted by Gasteiger charge is -2.35. The molecular formula is C17H26N4O2. The van der Waals surface area contributed by atoms with E-state index in [4.69, 9.17) is 0 Å². The quantitative estimate of drug-likeness (QED) is 0.864. The lowest BCUT2D eigenvalue weighted by Crippen LogP contribution is -2.43. The van der Waals surface area contributed by atoms with Crippen molar-refractivity contribution < 1.29 is 9.90 Å². The van der Waals surface area contributed by atoms with Crippen LogP contribution in [0.2, 0.25) is 0 Å². The summed E-state index contributed by atoms with van der Waals surface area (Å²) in [5, 5.41) is 12.6. The van der Waals surface area contributed by atoms with E-state index in [0.717, 1.165) is 19.5 Å². The largest absolute Gasteiger partial charge is 0.505 e. The highest BCUT2D eigenvalue weighted by molar-refractivity contribution is 5.94. The maximum Gasteiger partial charge on any atom is 0.273 e. The first-order valence-electron chi connectivity index (χ1n) is 8.48. The summed E-state index contributed by atoms with van der Waals surface area (Å²) in [4.78, 5) is 21.0. The van der Waals surface area contributed by atoms with Crippen molar-refractivity contribution in [2.45, 2.75) is 25.3 Å². The molecule has 2 saturated heterocycles. The zero-order chi connectivity index (χ0) is 16.2. The molecule has 1 aromatic heterocycles. The Morgan fingerprint density at radius 2 is 2.13 bits per heavy atom. The van der Waals surface area contributed by atoms with Crippen molar-refractivity contribution in [2.24, 2.45) is 5.92 Å². The van der Waals surface area contributed by atoms with E-state index in [1.165, 1.54) is 38.2 Å². The van der Waals surface area contributed by atoms with Gasteiger partial charge in [-0.3, -0.25) is 9.69 Å². The molecule has 1 atom stereocenters. The molecule has 1 unspecified atom stereocenters. The molecule has 0 radical (unpaired) electrons. The molecule has 0 spiro atoms. The molecule has 0 aromatic carbocycles. The van der Waals surface area contributed by atoms with Crippen LogP contribution in [0.15, 0.2) is 18.3 Å². The molecule has 0 bridgehead atoms. The fourth-order valence-corrected chi connectivity index (χ4v) is 3.61. The summed E-state index contributed by atoms with van der Waals surface area (Å²) in [7, 11) is 2.19. The fraction of sp³-hybridized carbons (Fsp3) is 0.647. The Bertz CT molecular complexity index is 543. The van der Waals surface area contributed by atoms with Gasteiger partial charge in [0.25, 0.3) is 5.91 Å². The molecule has 6 heteroatoms. The van der Waals surface area contributed by atoms with Gasteiger partial charge in [0.1, 0.15) is 5.75 Å². The Labute approximate surface area is 137 Å². The third-order valence-corrected chi connectivity index (χ3v) is 5.07. The molecule has 2 aliphatic rings. The molecule has 126 valence electrons. The minimum Gasteiger partial charge on any atom is -0.505 e. The van der Waals surface area contributed by atoms with Gasteiger partial charge in [-0.25, -0.2) is 4.98 Å². The molecule has 0 aliphatic carbocycles. The van der Waals surface area contributed by atoms with Gasteiger partial charge >= 0.3 is 0 Å². The number of carbonyl (C=O) groups excluding carboxylic acids is 1. The second kappa shape index (κ2) is 7.27. The lowest BCUT2D eigenvalue weighted by atomic mass is 10.0. The van der Waals surface area contributed by atoms with Crippen LogP contribution in [0.5, 0.6) is 5.75 Å². The Balaban J connectivity index is 1.45. The van der Waals surface area contributed by atoms with Gasteiger partial charge in [-0.2, -0.15) is 0 Å². The SMILES string of the molecule is CN1CCC(N2CCC(CNC(=O)c3ncccc3O)C2)CC1. The predicted octanol–water partition coefficient (Wildman–Crippen LogP) is 0.933. The average molecular weight is 318 g/mol. The molecule has 2 N–H and O–H groups in total. The van der Waals surface area contributed by atoms with Gasteiger partial charge < -0.3 is 15.3 Å². The van der Waals surface area contributed by atoms with E-state index >= 15 is 0 Å². The van der Waals surface area contributed by atoms with Gasteiger partial charge in [0, 0.05) is 25.3 Å². The number of hydrogen-bond donors (Lipinski definition) is 2. The van der Waals surface area contributed by atoms with Crippen molar-refractivity contribution in [1.29, 1.82) is 0 Å². The standard InChI is InChI=1S/C17H26N4O2/c1-20-8-5-14(6-9-20)21-10-4-13(12-21)11-19-17(23)16-15(22)3-2-7-18-16/h2-3,7,13-14,22H,4-6,8-12H2,1H3,(H,19,23). The molecular weight excluding hydrogens is 292 g/mol. The molecule has 2 aliphatic heterocycles.